The van der Waals surface area contributed by atoms with E-state index in [0.717, 1.165) is 40.9 Å². The van der Waals surface area contributed by atoms with Gasteiger partial charge in [0.1, 0.15) is 9.71 Å². The van der Waals surface area contributed by atoms with Crippen molar-refractivity contribution in [2.24, 2.45) is 0 Å². The highest BCUT2D eigenvalue weighted by Crippen LogP contribution is 2.37. The van der Waals surface area contributed by atoms with Crippen LogP contribution in [0.3, 0.4) is 0 Å². The highest BCUT2D eigenvalue weighted by atomic mass is 32.1. The number of carbonyl (C=O) groups is 1. The van der Waals surface area contributed by atoms with E-state index < -0.39 is 0 Å². The second-order valence-electron chi connectivity index (χ2n) is 5.26. The molecule has 1 aliphatic rings. The Morgan fingerprint density at radius 1 is 1.40 bits per heavy atom. The number of nitrogens with zero attached hydrogens (tertiary/aromatic N) is 3. The number of aryl methyl sites for hydroxylation is 2. The van der Waals surface area contributed by atoms with Gasteiger partial charge in [0.05, 0.1) is 11.4 Å². The molecule has 3 rings (SSSR count). The van der Waals surface area contributed by atoms with Crippen molar-refractivity contribution < 1.29 is 4.79 Å². The molecular formula is C14H18N4OS. The summed E-state index contributed by atoms with van der Waals surface area (Å²) in [5, 5.41) is 9.17. The van der Waals surface area contributed by atoms with Crippen LogP contribution in [0.1, 0.15) is 40.7 Å². The average molecular weight is 290 g/mol. The molecule has 0 spiro atoms. The maximum atomic E-state index is 12.7. The summed E-state index contributed by atoms with van der Waals surface area (Å²) in [6, 6.07) is 0.394. The van der Waals surface area contributed by atoms with Crippen molar-refractivity contribution in [1.29, 1.82) is 0 Å². The fourth-order valence-electron chi connectivity index (χ4n) is 2.48. The van der Waals surface area contributed by atoms with Gasteiger partial charge in [0, 0.05) is 18.0 Å². The number of anilines is 1. The molecule has 1 aliphatic carbocycles. The molecule has 0 aromatic carbocycles. The molecule has 0 unspecified atom stereocenters. The van der Waals surface area contributed by atoms with Gasteiger partial charge in [-0.25, -0.2) is 0 Å². The SMILES string of the molecule is CCN(C(=O)c1sc2nnc(C)c(C)c2c1N)C1CC1. The van der Waals surface area contributed by atoms with Crippen LogP contribution in [0.25, 0.3) is 10.2 Å². The zero-order valence-electron chi connectivity index (χ0n) is 11.9. The van der Waals surface area contributed by atoms with E-state index in [9.17, 15) is 4.79 Å². The highest BCUT2D eigenvalue weighted by molar-refractivity contribution is 7.21. The standard InChI is InChI=1S/C14H18N4OS/c1-4-18(9-5-6-9)14(19)12-11(15)10-7(2)8(3)16-17-13(10)20-12/h9H,4-6,15H2,1-3H3. The Hall–Kier alpha value is -1.69. The fourth-order valence-corrected chi connectivity index (χ4v) is 3.54. The minimum atomic E-state index is 0.0348. The zero-order chi connectivity index (χ0) is 14.4. The molecule has 20 heavy (non-hydrogen) atoms. The lowest BCUT2D eigenvalue weighted by molar-refractivity contribution is 0.0758. The first-order chi connectivity index (χ1) is 9.54. The van der Waals surface area contributed by atoms with Crippen molar-refractivity contribution in [3.8, 4) is 0 Å². The molecule has 1 fully saturated rings. The van der Waals surface area contributed by atoms with Crippen molar-refractivity contribution in [1.82, 2.24) is 15.1 Å². The Morgan fingerprint density at radius 3 is 2.70 bits per heavy atom. The van der Waals surface area contributed by atoms with Crippen LogP contribution < -0.4 is 5.73 Å². The summed E-state index contributed by atoms with van der Waals surface area (Å²) < 4.78 is 0. The van der Waals surface area contributed by atoms with Crippen LogP contribution in [-0.2, 0) is 0 Å². The molecule has 0 saturated heterocycles. The molecule has 2 aromatic rings. The molecule has 0 bridgehead atoms. The number of amides is 1. The van der Waals surface area contributed by atoms with E-state index >= 15 is 0 Å². The lowest BCUT2D eigenvalue weighted by Gasteiger charge is -2.19. The van der Waals surface area contributed by atoms with Crippen molar-refractivity contribution in [2.75, 3.05) is 12.3 Å². The highest BCUT2D eigenvalue weighted by Gasteiger charge is 2.34. The van der Waals surface area contributed by atoms with E-state index in [1.54, 1.807) is 0 Å². The van der Waals surface area contributed by atoms with Gasteiger partial charge in [-0.05, 0) is 39.2 Å². The lowest BCUT2D eigenvalue weighted by Crippen LogP contribution is -2.32. The summed E-state index contributed by atoms with van der Waals surface area (Å²) >= 11 is 1.35. The topological polar surface area (TPSA) is 72.1 Å². The van der Waals surface area contributed by atoms with E-state index in [1.807, 2.05) is 25.7 Å². The van der Waals surface area contributed by atoms with E-state index in [-0.39, 0.29) is 5.91 Å². The van der Waals surface area contributed by atoms with Crippen molar-refractivity contribution in [3.05, 3.63) is 16.1 Å². The number of carbonyl (C=O) groups excluding carboxylic acids is 1. The first kappa shape index (κ1) is 13.3. The summed E-state index contributed by atoms with van der Waals surface area (Å²) in [7, 11) is 0. The lowest BCUT2D eigenvalue weighted by atomic mass is 10.1. The Kier molecular flexibility index (Phi) is 3.12. The van der Waals surface area contributed by atoms with E-state index in [0.29, 0.717) is 16.6 Å². The molecule has 2 aromatic heterocycles. The molecule has 5 nitrogen and oxygen atoms in total. The zero-order valence-corrected chi connectivity index (χ0v) is 12.8. The maximum Gasteiger partial charge on any atom is 0.266 e. The molecule has 1 saturated carbocycles. The molecule has 1 amide bonds. The Labute approximate surface area is 121 Å². The molecule has 0 atom stereocenters. The summed E-state index contributed by atoms with van der Waals surface area (Å²) in [5.41, 5.74) is 8.65. The van der Waals surface area contributed by atoms with Gasteiger partial charge in [0.15, 0.2) is 0 Å². The van der Waals surface area contributed by atoms with Crippen molar-refractivity contribution in [3.63, 3.8) is 0 Å². The smallest absolute Gasteiger partial charge is 0.266 e. The maximum absolute atomic E-state index is 12.7. The minimum absolute atomic E-state index is 0.0348. The Bertz CT molecular complexity index is 690. The summed E-state index contributed by atoms with van der Waals surface area (Å²) in [5.74, 6) is 0.0348. The van der Waals surface area contributed by atoms with Gasteiger partial charge in [-0.2, -0.15) is 5.10 Å². The predicted octanol–water partition coefficient (Wildman–Crippen LogP) is 2.51. The van der Waals surface area contributed by atoms with Crippen LogP contribution in [0.2, 0.25) is 0 Å². The number of aromatic nitrogens is 2. The second kappa shape index (κ2) is 4.70. The van der Waals surface area contributed by atoms with Crippen LogP contribution >= 0.6 is 11.3 Å². The molecule has 0 radical (unpaired) electrons. The minimum Gasteiger partial charge on any atom is -0.397 e. The number of thiophene rings is 1. The monoisotopic (exact) mass is 290 g/mol. The summed E-state index contributed by atoms with van der Waals surface area (Å²) in [6.07, 6.45) is 2.20. The van der Waals surface area contributed by atoms with E-state index in [1.165, 1.54) is 11.3 Å². The molecular weight excluding hydrogens is 272 g/mol. The largest absolute Gasteiger partial charge is 0.397 e. The van der Waals surface area contributed by atoms with Crippen LogP contribution in [-0.4, -0.2) is 33.6 Å². The molecule has 2 N–H and O–H groups in total. The number of hydrogen-bond donors (Lipinski definition) is 1. The average Bonchev–Trinajstić information content (AvgIpc) is 3.19. The normalized spacial score (nSPS) is 14.8. The summed E-state index contributed by atoms with van der Waals surface area (Å²) in [6.45, 7) is 6.61. The first-order valence-electron chi connectivity index (χ1n) is 6.87. The number of nitrogens with two attached hydrogens (primary N) is 1. The third kappa shape index (κ3) is 1.95. The van der Waals surface area contributed by atoms with E-state index in [4.69, 9.17) is 5.73 Å². The van der Waals surface area contributed by atoms with Crippen LogP contribution in [0.5, 0.6) is 0 Å². The van der Waals surface area contributed by atoms with Gasteiger partial charge in [-0.1, -0.05) is 0 Å². The Balaban J connectivity index is 2.10. The number of hydrogen-bond acceptors (Lipinski definition) is 5. The molecule has 2 heterocycles. The van der Waals surface area contributed by atoms with Crippen LogP contribution in [0, 0.1) is 13.8 Å². The Morgan fingerprint density at radius 2 is 2.10 bits per heavy atom. The van der Waals surface area contributed by atoms with Crippen molar-refractivity contribution in [2.45, 2.75) is 39.7 Å². The first-order valence-corrected chi connectivity index (χ1v) is 7.69. The molecule has 0 aliphatic heterocycles. The number of nitrogen functional groups attached to an aromatic ring is 1. The molecule has 106 valence electrons. The number of fused-ring (bicyclic) bond motifs is 1. The fraction of sp³-hybridized carbons (Fsp3) is 0.500. The van der Waals surface area contributed by atoms with Gasteiger partial charge in [0.25, 0.3) is 5.91 Å². The van der Waals surface area contributed by atoms with Gasteiger partial charge < -0.3 is 10.6 Å². The number of rotatable bonds is 3. The van der Waals surface area contributed by atoms with Gasteiger partial charge in [-0.15, -0.1) is 16.4 Å². The van der Waals surface area contributed by atoms with E-state index in [2.05, 4.69) is 10.2 Å². The second-order valence-corrected chi connectivity index (χ2v) is 6.26. The third-order valence-corrected chi connectivity index (χ3v) is 5.00. The summed E-state index contributed by atoms with van der Waals surface area (Å²) in [4.78, 5) is 15.9. The quantitative estimate of drug-likeness (QED) is 0.942. The van der Waals surface area contributed by atoms with Gasteiger partial charge in [0.2, 0.25) is 0 Å². The predicted molar refractivity (Wildman–Crippen MR) is 81.0 cm³/mol. The van der Waals surface area contributed by atoms with Gasteiger partial charge in [-0.3, -0.25) is 4.79 Å². The van der Waals surface area contributed by atoms with Gasteiger partial charge >= 0.3 is 0 Å². The van der Waals surface area contributed by atoms with Crippen LogP contribution in [0.4, 0.5) is 5.69 Å². The molecule has 6 heteroatoms. The van der Waals surface area contributed by atoms with Crippen LogP contribution in [0.15, 0.2) is 0 Å². The van der Waals surface area contributed by atoms with Crippen molar-refractivity contribution >= 4 is 33.1 Å². The third-order valence-electron chi connectivity index (χ3n) is 3.92.